The number of aryl methyl sites for hydroxylation is 3. The van der Waals surface area contributed by atoms with E-state index >= 15 is 0 Å². The van der Waals surface area contributed by atoms with Crippen LogP contribution in [0.15, 0.2) is 73.2 Å². The molecule has 0 unspecified atom stereocenters. The third-order valence-corrected chi connectivity index (χ3v) is 12.4. The standard InChI is InChI=1S/C19H24N2O2.C18H23N3O2.C16H20N2O/c1-14-12-16-8-7-9-20-17(16)18(19(14)23-13-15(2)22)21-10-5-3-4-6-11-21;1-13-11-15-5-3-7-20-16(15)17(18(13)23-12-14(2)22)21-9-4-6-19-8-10-21;1-12-11-13-7-6-8-17-14(13)15(16(12)19)18-9-4-2-3-5-10-18/h7-9,12H,3-6,10-11,13H2,1-2H3;3,5,7,11,19H,4,6,8-10,12H2,1-2H3;6-8,11,19H,2-5,9-10H2,1H3. The van der Waals surface area contributed by atoms with Crippen molar-refractivity contribution in [2.24, 2.45) is 0 Å². The zero-order chi connectivity index (χ0) is 45.7. The number of hydrogen-bond donors (Lipinski definition) is 2. The van der Waals surface area contributed by atoms with Gasteiger partial charge in [0.05, 0.1) is 16.6 Å². The first-order valence-corrected chi connectivity index (χ1v) is 23.6. The minimum absolute atomic E-state index is 0.0222. The molecule has 3 aromatic heterocycles. The van der Waals surface area contributed by atoms with Crippen LogP contribution in [0.1, 0.15) is 88.3 Å². The molecule has 12 heteroatoms. The molecule has 65 heavy (non-hydrogen) atoms. The lowest BCUT2D eigenvalue weighted by molar-refractivity contribution is -0.119. The number of hydrogen-bond acceptors (Lipinski definition) is 12. The van der Waals surface area contributed by atoms with E-state index in [0.29, 0.717) is 5.75 Å². The summed E-state index contributed by atoms with van der Waals surface area (Å²) >= 11 is 0. The molecule has 9 rings (SSSR count). The molecule has 0 radical (unpaired) electrons. The van der Waals surface area contributed by atoms with Gasteiger partial charge in [0.2, 0.25) is 0 Å². The van der Waals surface area contributed by atoms with E-state index < -0.39 is 0 Å². The number of carbonyl (C=O) groups excluding carboxylic acids is 2. The monoisotopic (exact) mass is 882 g/mol. The van der Waals surface area contributed by atoms with Crippen molar-refractivity contribution in [3.8, 4) is 17.2 Å². The third-order valence-electron chi connectivity index (χ3n) is 12.4. The van der Waals surface area contributed by atoms with Gasteiger partial charge in [-0.25, -0.2) is 0 Å². The van der Waals surface area contributed by atoms with Crippen LogP contribution in [0.2, 0.25) is 0 Å². The summed E-state index contributed by atoms with van der Waals surface area (Å²) in [5.74, 6) is 2.05. The van der Waals surface area contributed by atoms with Crippen molar-refractivity contribution in [3.63, 3.8) is 0 Å². The maximum absolute atomic E-state index is 11.4. The lowest BCUT2D eigenvalue weighted by atomic mass is 10.1. The molecule has 3 saturated heterocycles. The predicted molar refractivity (Wildman–Crippen MR) is 265 cm³/mol. The first-order chi connectivity index (χ1) is 31.6. The maximum Gasteiger partial charge on any atom is 0.167 e. The predicted octanol–water partition coefficient (Wildman–Crippen LogP) is 9.83. The van der Waals surface area contributed by atoms with Gasteiger partial charge >= 0.3 is 0 Å². The summed E-state index contributed by atoms with van der Waals surface area (Å²) in [4.78, 5) is 43.5. The molecule has 2 N–H and O–H groups in total. The van der Waals surface area contributed by atoms with Crippen molar-refractivity contribution >= 4 is 61.3 Å². The molecule has 3 aromatic carbocycles. The van der Waals surface area contributed by atoms with Crippen LogP contribution in [0, 0.1) is 20.8 Å². The van der Waals surface area contributed by atoms with Gasteiger partial charge in [-0.15, -0.1) is 0 Å². The van der Waals surface area contributed by atoms with Crippen molar-refractivity contribution in [1.29, 1.82) is 0 Å². The number of ether oxygens (including phenoxy) is 2. The summed E-state index contributed by atoms with van der Waals surface area (Å²) in [7, 11) is 0. The van der Waals surface area contributed by atoms with Crippen molar-refractivity contribution in [1.82, 2.24) is 20.3 Å². The highest BCUT2D eigenvalue weighted by Crippen LogP contribution is 2.41. The number of ketones is 2. The molecule has 12 nitrogen and oxygen atoms in total. The second-order valence-electron chi connectivity index (χ2n) is 17.7. The van der Waals surface area contributed by atoms with Crippen LogP contribution in [0.5, 0.6) is 17.2 Å². The number of phenols is 1. The fraction of sp³-hybridized carbons (Fsp3) is 0.453. The maximum atomic E-state index is 11.4. The first kappa shape index (κ1) is 47.0. The third kappa shape index (κ3) is 11.8. The van der Waals surface area contributed by atoms with Gasteiger partial charge in [0.15, 0.2) is 11.6 Å². The molecule has 3 aliphatic heterocycles. The number of rotatable bonds is 9. The van der Waals surface area contributed by atoms with E-state index in [0.717, 1.165) is 137 Å². The number of anilines is 3. The van der Waals surface area contributed by atoms with Gasteiger partial charge in [-0.1, -0.05) is 43.9 Å². The summed E-state index contributed by atoms with van der Waals surface area (Å²) in [6, 6.07) is 18.3. The van der Waals surface area contributed by atoms with Crippen molar-refractivity contribution < 1.29 is 24.2 Å². The number of aromatic hydroxyl groups is 1. The molecule has 0 aliphatic carbocycles. The van der Waals surface area contributed by atoms with Gasteiger partial charge < -0.3 is 34.6 Å². The number of fused-ring (bicyclic) bond motifs is 3. The Morgan fingerprint density at radius 2 is 0.923 bits per heavy atom. The van der Waals surface area contributed by atoms with Crippen LogP contribution in [-0.2, 0) is 9.59 Å². The number of phenolic OH excluding ortho intramolecular Hbond substituents is 1. The van der Waals surface area contributed by atoms with Crippen LogP contribution < -0.4 is 29.5 Å². The number of pyridine rings is 3. The molecule has 6 heterocycles. The van der Waals surface area contributed by atoms with Gasteiger partial charge in [0.1, 0.15) is 47.5 Å². The summed E-state index contributed by atoms with van der Waals surface area (Å²) in [5, 5.41) is 17.2. The van der Waals surface area contributed by atoms with E-state index in [4.69, 9.17) is 9.47 Å². The number of nitrogens with zero attached hydrogens (tertiary/aromatic N) is 6. The van der Waals surface area contributed by atoms with E-state index in [1.54, 1.807) is 20.0 Å². The minimum Gasteiger partial charge on any atom is -0.505 e. The van der Waals surface area contributed by atoms with Crippen molar-refractivity contribution in [3.05, 3.63) is 89.9 Å². The Kier molecular flexibility index (Phi) is 16.4. The molecule has 0 spiro atoms. The molecule has 3 aliphatic rings. The Bertz CT molecular complexity index is 2430. The zero-order valence-corrected chi connectivity index (χ0v) is 39.1. The second-order valence-corrected chi connectivity index (χ2v) is 17.7. The zero-order valence-electron chi connectivity index (χ0n) is 39.1. The molecule has 0 saturated carbocycles. The number of nitrogens with one attached hydrogen (secondary N) is 1. The Morgan fingerprint density at radius 3 is 1.37 bits per heavy atom. The average molecular weight is 882 g/mol. The smallest absolute Gasteiger partial charge is 0.167 e. The Balaban J connectivity index is 0.000000146. The number of aromatic nitrogens is 3. The fourth-order valence-corrected chi connectivity index (χ4v) is 9.24. The number of carbonyl (C=O) groups is 2. The van der Waals surface area contributed by atoms with Gasteiger partial charge in [-0.05, 0) is 126 Å². The molecule has 0 amide bonds. The highest BCUT2D eigenvalue weighted by Gasteiger charge is 2.23. The molecule has 0 bridgehead atoms. The summed E-state index contributed by atoms with van der Waals surface area (Å²) in [6.45, 7) is 17.2. The van der Waals surface area contributed by atoms with Crippen LogP contribution >= 0.6 is 0 Å². The van der Waals surface area contributed by atoms with Gasteiger partial charge in [0, 0.05) is 80.6 Å². The largest absolute Gasteiger partial charge is 0.505 e. The lowest BCUT2D eigenvalue weighted by Crippen LogP contribution is -2.29. The quantitative estimate of drug-likeness (QED) is 0.143. The van der Waals surface area contributed by atoms with Crippen LogP contribution in [0.25, 0.3) is 32.7 Å². The minimum atomic E-state index is 0.0222. The average Bonchev–Trinajstić information content (AvgIpc) is 3.86. The van der Waals surface area contributed by atoms with E-state index in [1.165, 1.54) is 51.4 Å². The molecule has 3 fully saturated rings. The van der Waals surface area contributed by atoms with Crippen LogP contribution in [0.4, 0.5) is 17.1 Å². The molecule has 0 atom stereocenters. The van der Waals surface area contributed by atoms with E-state index in [2.05, 4.69) is 65.3 Å². The second kappa shape index (κ2) is 22.7. The Hall–Kier alpha value is -6.01. The van der Waals surface area contributed by atoms with Gasteiger partial charge in [-0.3, -0.25) is 24.5 Å². The SMILES string of the molecule is CC(=O)COc1c(C)cc2cccnc2c1N1CCCCCC1.CC(=O)COc1c(C)cc2cccnc2c1N1CCCNCC1.Cc1cc2cccnc2c(N2CCCCCC2)c1O. The molecular weight excluding hydrogens is 815 g/mol. The molecule has 344 valence electrons. The van der Waals surface area contributed by atoms with E-state index in [-0.39, 0.29) is 24.8 Å². The first-order valence-electron chi connectivity index (χ1n) is 23.6. The highest BCUT2D eigenvalue weighted by molar-refractivity contribution is 5.97. The normalized spacial score (nSPS) is 15.8. The summed E-state index contributed by atoms with van der Waals surface area (Å²) < 4.78 is 11.8. The number of benzene rings is 3. The molecule has 6 aromatic rings. The Labute approximate surface area is 384 Å². The molecular formula is C53H67N7O5. The summed E-state index contributed by atoms with van der Waals surface area (Å²) in [6.07, 6.45) is 16.4. The lowest BCUT2D eigenvalue weighted by Gasteiger charge is -2.27. The van der Waals surface area contributed by atoms with Crippen LogP contribution in [-0.4, -0.2) is 97.2 Å². The highest BCUT2D eigenvalue weighted by atomic mass is 16.5. The van der Waals surface area contributed by atoms with E-state index in [1.807, 2.05) is 57.4 Å². The van der Waals surface area contributed by atoms with Gasteiger partial charge in [-0.2, -0.15) is 0 Å². The van der Waals surface area contributed by atoms with Crippen molar-refractivity contribution in [2.45, 2.75) is 92.4 Å². The topological polar surface area (TPSA) is 133 Å². The number of Topliss-reactive ketones (excluding diaryl/α,β-unsaturated/α-hetero) is 2. The summed E-state index contributed by atoms with van der Waals surface area (Å²) in [5.41, 5.74) is 8.88. The van der Waals surface area contributed by atoms with E-state index in [9.17, 15) is 14.7 Å². The fourth-order valence-electron chi connectivity index (χ4n) is 9.24. The van der Waals surface area contributed by atoms with Crippen LogP contribution in [0.3, 0.4) is 0 Å². The Morgan fingerprint density at radius 1 is 0.538 bits per heavy atom. The van der Waals surface area contributed by atoms with Crippen molar-refractivity contribution in [2.75, 3.05) is 80.3 Å². The van der Waals surface area contributed by atoms with Gasteiger partial charge in [0.25, 0.3) is 0 Å².